The highest BCUT2D eigenvalue weighted by Crippen LogP contribution is 2.19. The molecule has 2 aliphatic heterocycles. The summed E-state index contributed by atoms with van der Waals surface area (Å²) in [6.45, 7) is 6.76. The monoisotopic (exact) mass is 321 g/mol. The van der Waals surface area contributed by atoms with Crippen molar-refractivity contribution in [3.63, 3.8) is 0 Å². The van der Waals surface area contributed by atoms with Crippen molar-refractivity contribution in [2.75, 3.05) is 52.6 Å². The molecular formula is C16H23N3O4. The van der Waals surface area contributed by atoms with E-state index in [1.807, 2.05) is 12.1 Å². The van der Waals surface area contributed by atoms with E-state index in [9.17, 15) is 10.1 Å². The first kappa shape index (κ1) is 16.3. The molecule has 0 bridgehead atoms. The Labute approximate surface area is 135 Å². The van der Waals surface area contributed by atoms with Crippen LogP contribution in [0.5, 0.6) is 0 Å². The fourth-order valence-corrected chi connectivity index (χ4v) is 3.20. The highest BCUT2D eigenvalue weighted by molar-refractivity contribution is 5.33. The summed E-state index contributed by atoms with van der Waals surface area (Å²) in [5.41, 5.74) is 1.27. The summed E-state index contributed by atoms with van der Waals surface area (Å²) < 4.78 is 10.9. The first-order valence-corrected chi connectivity index (χ1v) is 8.11. The average molecular weight is 321 g/mol. The summed E-state index contributed by atoms with van der Waals surface area (Å²) in [5.74, 6) is 0. The second-order valence-corrected chi connectivity index (χ2v) is 5.90. The van der Waals surface area contributed by atoms with Crippen LogP contribution in [0.1, 0.15) is 5.56 Å². The van der Waals surface area contributed by atoms with Gasteiger partial charge in [-0.05, 0) is 5.56 Å². The van der Waals surface area contributed by atoms with Crippen molar-refractivity contribution in [3.05, 3.63) is 39.9 Å². The Hall–Kier alpha value is -1.54. The van der Waals surface area contributed by atoms with Crippen LogP contribution >= 0.6 is 0 Å². The third-order valence-electron chi connectivity index (χ3n) is 4.50. The Kier molecular flexibility index (Phi) is 5.56. The van der Waals surface area contributed by atoms with Gasteiger partial charge in [0.05, 0.1) is 37.5 Å². The first-order valence-electron chi connectivity index (χ1n) is 8.11. The van der Waals surface area contributed by atoms with Gasteiger partial charge in [0.25, 0.3) is 5.69 Å². The zero-order chi connectivity index (χ0) is 16.1. The van der Waals surface area contributed by atoms with Crippen LogP contribution in [0.3, 0.4) is 0 Å². The number of benzene rings is 1. The molecule has 0 atom stereocenters. The summed E-state index contributed by atoms with van der Waals surface area (Å²) in [7, 11) is 0. The molecule has 3 rings (SSSR count). The largest absolute Gasteiger partial charge is 0.379 e. The van der Waals surface area contributed by atoms with E-state index in [0.717, 1.165) is 64.6 Å². The molecule has 0 aliphatic carbocycles. The minimum Gasteiger partial charge on any atom is -0.379 e. The maximum atomic E-state index is 10.8. The topological polar surface area (TPSA) is 68.1 Å². The van der Waals surface area contributed by atoms with Gasteiger partial charge in [-0.15, -0.1) is 0 Å². The molecule has 0 N–H and O–H groups in total. The van der Waals surface area contributed by atoms with Crippen molar-refractivity contribution < 1.29 is 14.4 Å². The third kappa shape index (κ3) is 4.26. The molecule has 0 spiro atoms. The Morgan fingerprint density at radius 1 is 0.957 bits per heavy atom. The molecular weight excluding hydrogens is 298 g/mol. The quantitative estimate of drug-likeness (QED) is 0.598. The predicted molar refractivity (Wildman–Crippen MR) is 85.4 cm³/mol. The van der Waals surface area contributed by atoms with Crippen LogP contribution in [0.15, 0.2) is 24.3 Å². The summed E-state index contributed by atoms with van der Waals surface area (Å²) in [5, 5.41) is 10.8. The number of nitro benzene ring substituents is 1. The van der Waals surface area contributed by atoms with Crippen molar-refractivity contribution in [2.45, 2.75) is 12.6 Å². The predicted octanol–water partition coefficient (Wildman–Crippen LogP) is 1.13. The molecule has 0 aromatic heterocycles. The van der Waals surface area contributed by atoms with Gasteiger partial charge in [0.15, 0.2) is 0 Å². The lowest BCUT2D eigenvalue weighted by molar-refractivity contribution is -0.384. The van der Waals surface area contributed by atoms with E-state index < -0.39 is 0 Å². The molecule has 2 heterocycles. The number of morpholine rings is 2. The van der Waals surface area contributed by atoms with E-state index in [2.05, 4.69) is 9.80 Å². The van der Waals surface area contributed by atoms with Crippen LogP contribution in [0.4, 0.5) is 5.69 Å². The lowest BCUT2D eigenvalue weighted by Crippen LogP contribution is -2.56. The van der Waals surface area contributed by atoms with Crippen molar-refractivity contribution in [1.29, 1.82) is 0 Å². The van der Waals surface area contributed by atoms with Gasteiger partial charge in [-0.3, -0.25) is 19.9 Å². The molecule has 0 unspecified atom stereocenters. The van der Waals surface area contributed by atoms with Gasteiger partial charge < -0.3 is 9.47 Å². The fraction of sp³-hybridized carbons (Fsp3) is 0.625. The second kappa shape index (κ2) is 7.83. The Balaban J connectivity index is 1.72. The van der Waals surface area contributed by atoms with Crippen LogP contribution in [0, 0.1) is 10.1 Å². The maximum absolute atomic E-state index is 10.8. The molecule has 1 aromatic carbocycles. The number of non-ortho nitro benzene ring substituents is 1. The number of ether oxygens (including phenoxy) is 2. The van der Waals surface area contributed by atoms with Crippen LogP contribution in [-0.2, 0) is 15.9 Å². The lowest BCUT2D eigenvalue weighted by Gasteiger charge is -2.43. The van der Waals surface area contributed by atoms with E-state index in [1.54, 1.807) is 12.1 Å². The number of hydrogen-bond acceptors (Lipinski definition) is 6. The molecule has 2 fully saturated rings. The molecule has 2 saturated heterocycles. The number of nitrogens with zero attached hydrogens (tertiary/aromatic N) is 3. The standard InChI is InChI=1S/C16H23N3O4/c20-19(21)15-3-1-14(2-4-15)13-16(17-5-9-22-10-6-17)18-7-11-23-12-8-18/h1-4,16H,5-13H2. The summed E-state index contributed by atoms with van der Waals surface area (Å²) >= 11 is 0. The molecule has 7 heteroatoms. The van der Waals surface area contributed by atoms with Crippen molar-refractivity contribution in [1.82, 2.24) is 9.80 Å². The van der Waals surface area contributed by atoms with Gasteiger partial charge in [0, 0.05) is 44.7 Å². The van der Waals surface area contributed by atoms with Gasteiger partial charge >= 0.3 is 0 Å². The Bertz CT molecular complexity index is 493. The maximum Gasteiger partial charge on any atom is 0.269 e. The Morgan fingerprint density at radius 3 is 1.87 bits per heavy atom. The molecule has 1 aromatic rings. The zero-order valence-electron chi connectivity index (χ0n) is 13.2. The summed E-state index contributed by atoms with van der Waals surface area (Å²) in [6.07, 6.45) is 1.15. The fourth-order valence-electron chi connectivity index (χ4n) is 3.20. The number of nitro groups is 1. The van der Waals surface area contributed by atoms with E-state index in [1.165, 1.54) is 0 Å². The molecule has 2 aliphatic rings. The van der Waals surface area contributed by atoms with Crippen LogP contribution in [-0.4, -0.2) is 73.5 Å². The minimum absolute atomic E-state index is 0.142. The molecule has 0 saturated carbocycles. The normalized spacial score (nSPS) is 20.7. The second-order valence-electron chi connectivity index (χ2n) is 5.90. The summed E-state index contributed by atoms with van der Waals surface area (Å²) in [4.78, 5) is 15.3. The minimum atomic E-state index is -0.356. The van der Waals surface area contributed by atoms with Gasteiger partial charge in [-0.2, -0.15) is 0 Å². The molecule has 0 radical (unpaired) electrons. The smallest absolute Gasteiger partial charge is 0.269 e. The lowest BCUT2D eigenvalue weighted by atomic mass is 10.1. The van der Waals surface area contributed by atoms with Gasteiger partial charge in [0.2, 0.25) is 0 Å². The highest BCUT2D eigenvalue weighted by atomic mass is 16.6. The number of hydrogen-bond donors (Lipinski definition) is 0. The molecule has 23 heavy (non-hydrogen) atoms. The zero-order valence-corrected chi connectivity index (χ0v) is 13.2. The van der Waals surface area contributed by atoms with Crippen LogP contribution in [0.2, 0.25) is 0 Å². The van der Waals surface area contributed by atoms with Crippen LogP contribution in [0.25, 0.3) is 0 Å². The van der Waals surface area contributed by atoms with E-state index in [0.29, 0.717) is 6.17 Å². The molecule has 7 nitrogen and oxygen atoms in total. The molecule has 126 valence electrons. The van der Waals surface area contributed by atoms with Gasteiger partial charge in [-0.25, -0.2) is 0 Å². The van der Waals surface area contributed by atoms with Gasteiger partial charge in [-0.1, -0.05) is 12.1 Å². The van der Waals surface area contributed by atoms with Crippen LogP contribution < -0.4 is 0 Å². The van der Waals surface area contributed by atoms with Gasteiger partial charge in [0.1, 0.15) is 0 Å². The Morgan fingerprint density at radius 2 is 1.43 bits per heavy atom. The average Bonchev–Trinajstić information content (AvgIpc) is 2.61. The summed E-state index contributed by atoms with van der Waals surface area (Å²) in [6, 6.07) is 6.91. The van der Waals surface area contributed by atoms with Crippen molar-refractivity contribution >= 4 is 5.69 Å². The van der Waals surface area contributed by atoms with E-state index >= 15 is 0 Å². The number of rotatable bonds is 5. The van der Waals surface area contributed by atoms with Crippen molar-refractivity contribution in [3.8, 4) is 0 Å². The van der Waals surface area contributed by atoms with E-state index in [-0.39, 0.29) is 10.6 Å². The SMILES string of the molecule is O=[N+]([O-])c1ccc(CC(N2CCOCC2)N2CCOCC2)cc1. The first-order chi connectivity index (χ1) is 11.2. The highest BCUT2D eigenvalue weighted by Gasteiger charge is 2.28. The molecule has 0 amide bonds. The van der Waals surface area contributed by atoms with Crippen molar-refractivity contribution in [2.24, 2.45) is 0 Å². The van der Waals surface area contributed by atoms with E-state index in [4.69, 9.17) is 9.47 Å². The third-order valence-corrected chi connectivity index (χ3v) is 4.50.